The molecule has 6 heteroatoms. The highest BCUT2D eigenvalue weighted by Crippen LogP contribution is 2.24. The summed E-state index contributed by atoms with van der Waals surface area (Å²) >= 11 is 0. The van der Waals surface area contributed by atoms with Gasteiger partial charge in [-0.05, 0) is 51.8 Å². The van der Waals surface area contributed by atoms with E-state index in [2.05, 4.69) is 5.16 Å². The molecule has 0 spiro atoms. The average molecular weight is 362 g/mol. The van der Waals surface area contributed by atoms with Gasteiger partial charge in [0.15, 0.2) is 0 Å². The van der Waals surface area contributed by atoms with Crippen molar-refractivity contribution >= 4 is 11.0 Å². The van der Waals surface area contributed by atoms with Crippen LogP contribution in [0.5, 0.6) is 0 Å². The van der Waals surface area contributed by atoms with E-state index < -0.39 is 0 Å². The third-order valence-corrected chi connectivity index (χ3v) is 5.06. The first-order chi connectivity index (χ1) is 13.0. The van der Waals surface area contributed by atoms with Crippen LogP contribution in [0.4, 0.5) is 0 Å². The Hall–Kier alpha value is -3.15. The molecule has 0 aliphatic heterocycles. The van der Waals surface area contributed by atoms with E-state index in [1.165, 1.54) is 0 Å². The summed E-state index contributed by atoms with van der Waals surface area (Å²) < 4.78 is 8.94. The van der Waals surface area contributed by atoms with Crippen LogP contribution >= 0.6 is 0 Å². The maximum absolute atomic E-state index is 12.9. The minimum absolute atomic E-state index is 0.0242. The molecule has 3 aromatic heterocycles. The van der Waals surface area contributed by atoms with Gasteiger partial charge in [0, 0.05) is 23.6 Å². The van der Waals surface area contributed by atoms with Crippen molar-refractivity contribution in [3.63, 3.8) is 0 Å². The summed E-state index contributed by atoms with van der Waals surface area (Å²) in [6, 6.07) is 11.6. The fourth-order valence-electron chi connectivity index (χ4n) is 3.71. The molecular formula is C21H22N4O2. The lowest BCUT2D eigenvalue weighted by atomic mass is 10.1. The molecule has 0 amide bonds. The average Bonchev–Trinajstić information content (AvgIpc) is 3.16. The van der Waals surface area contributed by atoms with Crippen LogP contribution in [0.15, 0.2) is 45.7 Å². The molecule has 0 saturated heterocycles. The molecule has 0 unspecified atom stereocenters. The monoisotopic (exact) mass is 362 g/mol. The molecule has 1 aromatic carbocycles. The predicted molar refractivity (Wildman–Crippen MR) is 104 cm³/mol. The molecular weight excluding hydrogens is 340 g/mol. The van der Waals surface area contributed by atoms with Gasteiger partial charge in [0.05, 0.1) is 17.1 Å². The van der Waals surface area contributed by atoms with E-state index in [9.17, 15) is 4.79 Å². The summed E-state index contributed by atoms with van der Waals surface area (Å²) in [5.41, 5.74) is 5.53. The molecule has 0 atom stereocenters. The number of para-hydroxylation sites is 1. The van der Waals surface area contributed by atoms with Crippen LogP contribution in [0.25, 0.3) is 16.7 Å². The van der Waals surface area contributed by atoms with Crippen molar-refractivity contribution in [2.45, 2.75) is 40.7 Å². The van der Waals surface area contributed by atoms with E-state index in [0.717, 1.165) is 45.0 Å². The molecule has 0 radical (unpaired) electrons. The van der Waals surface area contributed by atoms with Crippen molar-refractivity contribution in [3.05, 3.63) is 75.0 Å². The normalized spacial score (nSPS) is 11.4. The van der Waals surface area contributed by atoms with E-state index in [1.807, 2.05) is 62.7 Å². The standard InChI is InChI=1S/C21H22N4O2/c1-13-12-19(26)24(11-10-18-14(2)23-27-16(18)4)21-20(13)15(3)22-25(21)17-8-6-5-7-9-17/h5-9,12H,10-11H2,1-4H3. The van der Waals surface area contributed by atoms with Crippen molar-refractivity contribution in [1.29, 1.82) is 0 Å². The Morgan fingerprint density at radius 1 is 1.04 bits per heavy atom. The van der Waals surface area contributed by atoms with E-state index in [1.54, 1.807) is 10.6 Å². The topological polar surface area (TPSA) is 65.8 Å². The summed E-state index contributed by atoms with van der Waals surface area (Å²) in [5.74, 6) is 0.802. The molecule has 0 saturated carbocycles. The summed E-state index contributed by atoms with van der Waals surface area (Å²) in [6.07, 6.45) is 0.679. The summed E-state index contributed by atoms with van der Waals surface area (Å²) in [5, 5.41) is 9.77. The van der Waals surface area contributed by atoms with Gasteiger partial charge in [0.1, 0.15) is 11.4 Å². The second-order valence-electron chi connectivity index (χ2n) is 6.90. The van der Waals surface area contributed by atoms with E-state index in [0.29, 0.717) is 13.0 Å². The number of pyridine rings is 1. The molecule has 0 aliphatic carbocycles. The van der Waals surface area contributed by atoms with Gasteiger partial charge in [-0.25, -0.2) is 4.68 Å². The largest absolute Gasteiger partial charge is 0.361 e. The minimum atomic E-state index is -0.0242. The lowest BCUT2D eigenvalue weighted by Crippen LogP contribution is -2.23. The first-order valence-electron chi connectivity index (χ1n) is 9.04. The van der Waals surface area contributed by atoms with E-state index >= 15 is 0 Å². The lowest BCUT2D eigenvalue weighted by Gasteiger charge is -2.12. The Morgan fingerprint density at radius 3 is 2.44 bits per heavy atom. The lowest BCUT2D eigenvalue weighted by molar-refractivity contribution is 0.392. The van der Waals surface area contributed by atoms with Gasteiger partial charge >= 0.3 is 0 Å². The zero-order chi connectivity index (χ0) is 19.1. The second kappa shape index (κ2) is 6.54. The quantitative estimate of drug-likeness (QED) is 0.556. The number of hydrogen-bond acceptors (Lipinski definition) is 4. The Bertz CT molecular complexity index is 1160. The molecule has 27 heavy (non-hydrogen) atoms. The van der Waals surface area contributed by atoms with Gasteiger partial charge in [-0.3, -0.25) is 9.36 Å². The van der Waals surface area contributed by atoms with Gasteiger partial charge in [0.2, 0.25) is 0 Å². The molecule has 0 N–H and O–H groups in total. The third-order valence-electron chi connectivity index (χ3n) is 5.06. The van der Waals surface area contributed by atoms with Crippen LogP contribution < -0.4 is 5.56 Å². The Morgan fingerprint density at radius 2 is 1.78 bits per heavy atom. The SMILES string of the molecule is Cc1noc(C)c1CCn1c(=O)cc(C)c2c(C)nn(-c3ccccc3)c21. The van der Waals surface area contributed by atoms with E-state index in [-0.39, 0.29) is 5.56 Å². The molecule has 0 bridgehead atoms. The van der Waals surface area contributed by atoms with Gasteiger partial charge < -0.3 is 4.52 Å². The van der Waals surface area contributed by atoms with Crippen LogP contribution in [-0.2, 0) is 13.0 Å². The zero-order valence-corrected chi connectivity index (χ0v) is 16.0. The van der Waals surface area contributed by atoms with Crippen molar-refractivity contribution in [1.82, 2.24) is 19.5 Å². The Labute approximate surface area is 157 Å². The molecule has 4 rings (SSSR count). The van der Waals surface area contributed by atoms with Crippen LogP contribution in [0.2, 0.25) is 0 Å². The fraction of sp³-hybridized carbons (Fsp3) is 0.286. The highest BCUT2D eigenvalue weighted by atomic mass is 16.5. The second-order valence-corrected chi connectivity index (χ2v) is 6.90. The first kappa shape index (κ1) is 17.3. The third kappa shape index (κ3) is 2.87. The smallest absolute Gasteiger partial charge is 0.252 e. The van der Waals surface area contributed by atoms with Crippen LogP contribution in [0.3, 0.4) is 0 Å². The molecule has 3 heterocycles. The summed E-state index contributed by atoms with van der Waals surface area (Å²) in [4.78, 5) is 12.9. The van der Waals surface area contributed by atoms with Gasteiger partial charge in [-0.1, -0.05) is 23.4 Å². The van der Waals surface area contributed by atoms with Crippen molar-refractivity contribution in [2.24, 2.45) is 0 Å². The number of rotatable bonds is 4. The Kier molecular flexibility index (Phi) is 4.18. The highest BCUT2D eigenvalue weighted by molar-refractivity contribution is 5.83. The van der Waals surface area contributed by atoms with Crippen molar-refractivity contribution in [2.75, 3.05) is 0 Å². The van der Waals surface area contributed by atoms with Crippen LogP contribution in [-0.4, -0.2) is 19.5 Å². The maximum atomic E-state index is 12.9. The molecule has 138 valence electrons. The van der Waals surface area contributed by atoms with Gasteiger partial charge in [-0.15, -0.1) is 0 Å². The predicted octanol–water partition coefficient (Wildman–Crippen LogP) is 3.65. The molecule has 6 nitrogen and oxygen atoms in total. The first-order valence-corrected chi connectivity index (χ1v) is 9.04. The molecule has 4 aromatic rings. The summed E-state index contributed by atoms with van der Waals surface area (Å²) in [6.45, 7) is 8.32. The van der Waals surface area contributed by atoms with E-state index in [4.69, 9.17) is 9.62 Å². The fourth-order valence-corrected chi connectivity index (χ4v) is 3.71. The van der Waals surface area contributed by atoms with Crippen molar-refractivity contribution in [3.8, 4) is 5.69 Å². The number of fused-ring (bicyclic) bond motifs is 1. The minimum Gasteiger partial charge on any atom is -0.361 e. The van der Waals surface area contributed by atoms with Gasteiger partial charge in [0.25, 0.3) is 5.56 Å². The van der Waals surface area contributed by atoms with Crippen molar-refractivity contribution < 1.29 is 4.52 Å². The zero-order valence-electron chi connectivity index (χ0n) is 16.0. The van der Waals surface area contributed by atoms with Gasteiger partial charge in [-0.2, -0.15) is 5.10 Å². The molecule has 0 fully saturated rings. The van der Waals surface area contributed by atoms with Crippen LogP contribution in [0, 0.1) is 27.7 Å². The number of benzene rings is 1. The number of nitrogens with zero attached hydrogens (tertiary/aromatic N) is 4. The van der Waals surface area contributed by atoms with Crippen LogP contribution in [0.1, 0.15) is 28.3 Å². The number of aromatic nitrogens is 4. The number of hydrogen-bond donors (Lipinski definition) is 0. The Balaban J connectivity index is 1.90. The summed E-state index contributed by atoms with van der Waals surface area (Å²) in [7, 11) is 0. The highest BCUT2D eigenvalue weighted by Gasteiger charge is 2.18. The number of aryl methyl sites for hydroxylation is 5. The maximum Gasteiger partial charge on any atom is 0.252 e. The molecule has 0 aliphatic rings.